The lowest BCUT2D eigenvalue weighted by molar-refractivity contribution is -0.0724. The summed E-state index contributed by atoms with van der Waals surface area (Å²) in [4.78, 5) is 0. The fourth-order valence-corrected chi connectivity index (χ4v) is 6.52. The summed E-state index contributed by atoms with van der Waals surface area (Å²) < 4.78 is 0. The SMILES string of the molecule is CC(NC1CCCC1C#N)C12CC3CC(CC(C3)C1)C2. The molecule has 0 amide bonds. The molecule has 2 heteroatoms. The molecule has 0 spiro atoms. The molecule has 0 heterocycles. The minimum atomic E-state index is 0.270. The predicted octanol–water partition coefficient (Wildman–Crippen LogP) is 3.87. The molecule has 20 heavy (non-hydrogen) atoms. The van der Waals surface area contributed by atoms with Gasteiger partial charge < -0.3 is 5.32 Å². The van der Waals surface area contributed by atoms with Crippen LogP contribution in [-0.4, -0.2) is 12.1 Å². The normalized spacial score (nSPS) is 51.1. The molecular formula is C18H28N2. The van der Waals surface area contributed by atoms with Gasteiger partial charge in [-0.05, 0) is 81.5 Å². The number of nitriles is 1. The zero-order chi connectivity index (χ0) is 13.7. The third kappa shape index (κ3) is 2.01. The van der Waals surface area contributed by atoms with Crippen molar-refractivity contribution in [3.8, 4) is 6.07 Å². The lowest BCUT2D eigenvalue weighted by Crippen LogP contribution is -2.56. The Hall–Kier alpha value is -0.550. The van der Waals surface area contributed by atoms with Gasteiger partial charge in [-0.1, -0.05) is 6.42 Å². The molecule has 1 N–H and O–H groups in total. The van der Waals surface area contributed by atoms with Gasteiger partial charge >= 0.3 is 0 Å². The molecule has 110 valence electrons. The average Bonchev–Trinajstić information content (AvgIpc) is 2.84. The van der Waals surface area contributed by atoms with Crippen LogP contribution in [0.1, 0.15) is 64.7 Å². The molecule has 5 saturated carbocycles. The van der Waals surface area contributed by atoms with Crippen LogP contribution in [0.15, 0.2) is 0 Å². The van der Waals surface area contributed by atoms with Gasteiger partial charge in [0.1, 0.15) is 0 Å². The van der Waals surface area contributed by atoms with E-state index in [1.807, 2.05) is 0 Å². The van der Waals surface area contributed by atoms with E-state index in [-0.39, 0.29) is 5.92 Å². The molecule has 5 rings (SSSR count). The lowest BCUT2D eigenvalue weighted by Gasteiger charge is -2.59. The maximum Gasteiger partial charge on any atom is 0.0672 e. The first-order valence-corrected chi connectivity index (χ1v) is 8.84. The van der Waals surface area contributed by atoms with Crippen LogP contribution in [0.25, 0.3) is 0 Å². The molecule has 0 radical (unpaired) electrons. The maximum atomic E-state index is 9.29. The molecule has 0 saturated heterocycles. The Kier molecular flexibility index (Phi) is 3.11. The summed E-state index contributed by atoms with van der Waals surface area (Å²) in [5.41, 5.74) is 0.581. The highest BCUT2D eigenvalue weighted by atomic mass is 15.0. The van der Waals surface area contributed by atoms with E-state index in [1.165, 1.54) is 51.4 Å². The summed E-state index contributed by atoms with van der Waals surface area (Å²) in [6, 6.07) is 3.63. The Balaban J connectivity index is 1.48. The average molecular weight is 272 g/mol. The van der Waals surface area contributed by atoms with E-state index in [0.717, 1.165) is 24.2 Å². The van der Waals surface area contributed by atoms with Gasteiger partial charge in [0, 0.05) is 12.1 Å². The van der Waals surface area contributed by atoms with Crippen molar-refractivity contribution in [1.29, 1.82) is 5.26 Å². The van der Waals surface area contributed by atoms with Gasteiger partial charge in [-0.25, -0.2) is 0 Å². The second-order valence-corrected chi connectivity index (χ2v) is 8.44. The monoisotopic (exact) mass is 272 g/mol. The minimum Gasteiger partial charge on any atom is -0.310 e. The maximum absolute atomic E-state index is 9.29. The van der Waals surface area contributed by atoms with Gasteiger partial charge in [0.2, 0.25) is 0 Å². The Morgan fingerprint density at radius 1 is 1.05 bits per heavy atom. The topological polar surface area (TPSA) is 35.8 Å². The van der Waals surface area contributed by atoms with Crippen molar-refractivity contribution in [3.63, 3.8) is 0 Å². The van der Waals surface area contributed by atoms with Gasteiger partial charge in [0.25, 0.3) is 0 Å². The Labute approximate surface area is 123 Å². The molecule has 3 atom stereocenters. The molecule has 0 aromatic heterocycles. The minimum absolute atomic E-state index is 0.270. The van der Waals surface area contributed by atoms with Gasteiger partial charge in [0.15, 0.2) is 0 Å². The number of hydrogen-bond acceptors (Lipinski definition) is 2. The van der Waals surface area contributed by atoms with E-state index in [1.54, 1.807) is 0 Å². The van der Waals surface area contributed by atoms with Crippen molar-refractivity contribution in [1.82, 2.24) is 5.32 Å². The van der Waals surface area contributed by atoms with Crippen LogP contribution in [-0.2, 0) is 0 Å². The lowest BCUT2D eigenvalue weighted by atomic mass is 9.48. The van der Waals surface area contributed by atoms with Crippen LogP contribution in [0.3, 0.4) is 0 Å². The number of nitrogens with one attached hydrogen (secondary N) is 1. The van der Waals surface area contributed by atoms with Gasteiger partial charge in [-0.2, -0.15) is 5.26 Å². The molecule has 5 aliphatic rings. The molecule has 2 nitrogen and oxygen atoms in total. The summed E-state index contributed by atoms with van der Waals surface area (Å²) in [6.45, 7) is 2.43. The highest BCUT2D eigenvalue weighted by Crippen LogP contribution is 2.61. The number of nitrogens with zero attached hydrogens (tertiary/aromatic N) is 1. The third-order valence-electron chi connectivity index (χ3n) is 7.15. The van der Waals surface area contributed by atoms with E-state index < -0.39 is 0 Å². The van der Waals surface area contributed by atoms with E-state index in [2.05, 4.69) is 18.3 Å². The summed E-state index contributed by atoms with van der Waals surface area (Å²) >= 11 is 0. The van der Waals surface area contributed by atoms with Crippen LogP contribution in [0, 0.1) is 40.4 Å². The van der Waals surface area contributed by atoms with Gasteiger partial charge in [-0.3, -0.25) is 0 Å². The van der Waals surface area contributed by atoms with Crippen molar-refractivity contribution >= 4 is 0 Å². The highest BCUT2D eigenvalue weighted by molar-refractivity contribution is 5.07. The Morgan fingerprint density at radius 2 is 1.65 bits per heavy atom. The molecule has 0 aliphatic heterocycles. The fraction of sp³-hybridized carbons (Fsp3) is 0.944. The quantitative estimate of drug-likeness (QED) is 0.846. The van der Waals surface area contributed by atoms with Gasteiger partial charge in [-0.15, -0.1) is 0 Å². The molecular weight excluding hydrogens is 244 g/mol. The molecule has 0 aromatic rings. The summed E-state index contributed by atoms with van der Waals surface area (Å²) in [6.07, 6.45) is 12.5. The van der Waals surface area contributed by atoms with Crippen molar-refractivity contribution < 1.29 is 0 Å². The standard InChI is InChI=1S/C18H28N2/c1-12(20-17-4-2-3-16(17)11-19)18-8-13-5-14(9-18)7-15(6-13)10-18/h12-17,20H,2-10H2,1H3. The molecule has 5 fully saturated rings. The second-order valence-electron chi connectivity index (χ2n) is 8.44. The van der Waals surface area contributed by atoms with Crippen molar-refractivity contribution in [3.05, 3.63) is 0 Å². The molecule has 4 bridgehead atoms. The molecule has 3 unspecified atom stereocenters. The van der Waals surface area contributed by atoms with E-state index in [4.69, 9.17) is 0 Å². The van der Waals surface area contributed by atoms with Crippen LogP contribution in [0.4, 0.5) is 0 Å². The van der Waals surface area contributed by atoms with E-state index >= 15 is 0 Å². The third-order valence-corrected chi connectivity index (χ3v) is 7.15. The first-order valence-electron chi connectivity index (χ1n) is 8.84. The second kappa shape index (κ2) is 4.73. The van der Waals surface area contributed by atoms with Gasteiger partial charge in [0.05, 0.1) is 12.0 Å². The summed E-state index contributed by atoms with van der Waals surface area (Å²) in [7, 11) is 0. The van der Waals surface area contributed by atoms with Crippen molar-refractivity contribution in [2.75, 3.05) is 0 Å². The molecule has 5 aliphatic carbocycles. The first-order chi connectivity index (χ1) is 9.68. The first kappa shape index (κ1) is 13.1. The highest BCUT2D eigenvalue weighted by Gasteiger charge is 2.53. The van der Waals surface area contributed by atoms with E-state index in [9.17, 15) is 5.26 Å². The van der Waals surface area contributed by atoms with E-state index in [0.29, 0.717) is 17.5 Å². The number of hydrogen-bond donors (Lipinski definition) is 1. The van der Waals surface area contributed by atoms with Crippen molar-refractivity contribution in [2.45, 2.75) is 76.8 Å². The Bertz CT molecular complexity index is 386. The van der Waals surface area contributed by atoms with Crippen LogP contribution in [0.2, 0.25) is 0 Å². The molecule has 0 aromatic carbocycles. The Morgan fingerprint density at radius 3 is 2.20 bits per heavy atom. The predicted molar refractivity (Wildman–Crippen MR) is 79.9 cm³/mol. The zero-order valence-electron chi connectivity index (χ0n) is 12.8. The van der Waals surface area contributed by atoms with Crippen LogP contribution < -0.4 is 5.32 Å². The number of rotatable bonds is 3. The fourth-order valence-electron chi connectivity index (χ4n) is 6.52. The van der Waals surface area contributed by atoms with Crippen molar-refractivity contribution in [2.24, 2.45) is 29.1 Å². The smallest absolute Gasteiger partial charge is 0.0672 e. The summed E-state index contributed by atoms with van der Waals surface area (Å²) in [5.74, 6) is 3.36. The summed E-state index contributed by atoms with van der Waals surface area (Å²) in [5, 5.41) is 13.2. The van der Waals surface area contributed by atoms with Crippen LogP contribution >= 0.6 is 0 Å². The van der Waals surface area contributed by atoms with Crippen LogP contribution in [0.5, 0.6) is 0 Å². The zero-order valence-corrected chi connectivity index (χ0v) is 12.8. The largest absolute Gasteiger partial charge is 0.310 e.